The summed E-state index contributed by atoms with van der Waals surface area (Å²) in [4.78, 5) is 25.2. The molecule has 2 amide bonds. The van der Waals surface area contributed by atoms with Crippen LogP contribution < -0.4 is 14.8 Å². The van der Waals surface area contributed by atoms with Gasteiger partial charge in [-0.2, -0.15) is 0 Å². The van der Waals surface area contributed by atoms with Crippen LogP contribution in [0.25, 0.3) is 22.5 Å². The smallest absolute Gasteiger partial charge is 0.322 e. The zero-order valence-electron chi connectivity index (χ0n) is 27.4. The third-order valence-electron chi connectivity index (χ3n) is 7.50. The number of unbranched alkanes of at least 4 members (excludes halogenated alkanes) is 1. The van der Waals surface area contributed by atoms with Crippen molar-refractivity contribution in [2.45, 2.75) is 24.9 Å². The first-order valence-electron chi connectivity index (χ1n) is 15.6. The summed E-state index contributed by atoms with van der Waals surface area (Å²) in [5.74, 6) is 0.640. The average molecular weight is 668 g/mol. The molecule has 0 aliphatic carbocycles. The molecular weight excluding hydrogens is 624 g/mol. The van der Waals surface area contributed by atoms with Gasteiger partial charge in [0, 0.05) is 42.6 Å². The van der Waals surface area contributed by atoms with Crippen molar-refractivity contribution in [2.75, 3.05) is 71.7 Å². The Morgan fingerprint density at radius 2 is 1.57 bits per heavy atom. The number of ether oxygens (including phenoxy) is 3. The second-order valence-electron chi connectivity index (χ2n) is 10.9. The number of imidazole rings is 1. The third-order valence-corrected chi connectivity index (χ3v) is 8.34. The molecule has 252 valence electrons. The number of halogens is 2. The summed E-state index contributed by atoms with van der Waals surface area (Å²) >= 11 is 1.54. The lowest BCUT2D eigenvalue weighted by molar-refractivity contribution is 0.120. The fraction of sp³-hybridized carbons (Fsp3) is 0.371. The minimum Gasteiger partial charge on any atom is -0.497 e. The summed E-state index contributed by atoms with van der Waals surface area (Å²) in [6.45, 7) is 5.17. The van der Waals surface area contributed by atoms with Crippen LogP contribution in [0.1, 0.15) is 19.8 Å². The molecule has 0 unspecified atom stereocenters. The number of carbonyl (C=O) groups is 1. The maximum atomic E-state index is 14.2. The average Bonchev–Trinajstić information content (AvgIpc) is 3.52. The molecule has 0 bridgehead atoms. The molecule has 0 aliphatic heterocycles. The number of anilines is 1. The van der Waals surface area contributed by atoms with Gasteiger partial charge in [-0.1, -0.05) is 25.1 Å². The lowest BCUT2D eigenvalue weighted by Crippen LogP contribution is -2.42. The van der Waals surface area contributed by atoms with Crippen molar-refractivity contribution >= 4 is 23.5 Å². The number of hydrogen-bond acceptors (Lipinski definition) is 7. The van der Waals surface area contributed by atoms with E-state index in [0.717, 1.165) is 70.7 Å². The van der Waals surface area contributed by atoms with Crippen molar-refractivity contribution < 1.29 is 27.8 Å². The molecule has 1 heterocycles. The van der Waals surface area contributed by atoms with Gasteiger partial charge in [-0.15, -0.1) is 0 Å². The third kappa shape index (κ3) is 10.7. The summed E-state index contributed by atoms with van der Waals surface area (Å²) in [6, 6.07) is 18.2. The minimum absolute atomic E-state index is 0.0699. The normalized spacial score (nSPS) is 11.1. The number of rotatable bonds is 18. The highest BCUT2D eigenvalue weighted by Crippen LogP contribution is 2.34. The van der Waals surface area contributed by atoms with Gasteiger partial charge in [0.1, 0.15) is 23.1 Å². The SMILES string of the molecule is CCCCN(C)CCN(CCOCCSc1nc(-c2ccc(OC)cc2)c(-c2ccc(OC)cc2)[nH]1)C(=O)Nc1ccc(F)cc1F. The molecule has 9 nitrogen and oxygen atoms in total. The minimum atomic E-state index is -0.824. The van der Waals surface area contributed by atoms with E-state index in [1.54, 1.807) is 19.1 Å². The molecule has 0 spiro atoms. The number of aromatic nitrogens is 2. The standard InChI is InChI=1S/C35H43F2N5O4S/c1-5-6-17-41(2)18-19-42(35(43)38-31-16-11-27(36)24-30(31)37)20-21-46-22-23-47-34-39-32(25-7-12-28(44-3)13-8-25)33(40-34)26-9-14-29(45-4)15-10-26/h7-16,24H,5-6,17-23H2,1-4H3,(H,38,43)(H,39,40). The van der Waals surface area contributed by atoms with E-state index in [9.17, 15) is 13.6 Å². The topological polar surface area (TPSA) is 92.0 Å². The summed E-state index contributed by atoms with van der Waals surface area (Å²) in [5, 5.41) is 3.32. The van der Waals surface area contributed by atoms with Gasteiger partial charge in [-0.25, -0.2) is 18.6 Å². The molecule has 0 atom stereocenters. The van der Waals surface area contributed by atoms with Crippen LogP contribution in [0.3, 0.4) is 0 Å². The van der Waals surface area contributed by atoms with Gasteiger partial charge in [0.05, 0.1) is 44.5 Å². The second-order valence-corrected chi connectivity index (χ2v) is 12.0. The molecule has 3 aromatic carbocycles. The Hall–Kier alpha value is -4.13. The van der Waals surface area contributed by atoms with Crippen LogP contribution in [0.4, 0.5) is 19.3 Å². The molecular formula is C35H43F2N5O4S. The van der Waals surface area contributed by atoms with E-state index in [4.69, 9.17) is 19.2 Å². The largest absolute Gasteiger partial charge is 0.497 e. The van der Waals surface area contributed by atoms with E-state index in [-0.39, 0.29) is 5.69 Å². The molecule has 0 saturated carbocycles. The first kappa shape index (κ1) is 35.7. The number of H-pyrrole nitrogens is 1. The fourth-order valence-electron chi connectivity index (χ4n) is 4.75. The van der Waals surface area contributed by atoms with Crippen molar-refractivity contribution in [1.29, 1.82) is 0 Å². The van der Waals surface area contributed by atoms with E-state index < -0.39 is 17.7 Å². The van der Waals surface area contributed by atoms with E-state index in [1.165, 1.54) is 17.8 Å². The summed E-state index contributed by atoms with van der Waals surface area (Å²) < 4.78 is 44.1. The lowest BCUT2D eigenvalue weighted by Gasteiger charge is -2.26. The number of amides is 2. The number of carbonyl (C=O) groups excluding carboxylic acids is 1. The monoisotopic (exact) mass is 667 g/mol. The first-order valence-corrected chi connectivity index (χ1v) is 16.6. The van der Waals surface area contributed by atoms with E-state index in [1.807, 2.05) is 55.6 Å². The van der Waals surface area contributed by atoms with Gasteiger partial charge in [0.25, 0.3) is 0 Å². The number of hydrogen-bond donors (Lipinski definition) is 2. The number of likely N-dealkylation sites (N-methyl/N-ethyl adjacent to an activating group) is 1. The molecule has 0 fully saturated rings. The number of aromatic amines is 1. The number of urea groups is 1. The molecule has 47 heavy (non-hydrogen) atoms. The maximum absolute atomic E-state index is 14.2. The first-order chi connectivity index (χ1) is 22.8. The van der Waals surface area contributed by atoms with Gasteiger partial charge in [0.2, 0.25) is 0 Å². The highest BCUT2D eigenvalue weighted by atomic mass is 32.2. The van der Waals surface area contributed by atoms with Gasteiger partial charge >= 0.3 is 6.03 Å². The van der Waals surface area contributed by atoms with Crippen LogP contribution in [0, 0.1) is 11.6 Å². The molecule has 1 aromatic heterocycles. The Bertz CT molecular complexity index is 1490. The molecule has 0 saturated heterocycles. The van der Waals surface area contributed by atoms with Crippen LogP contribution in [-0.2, 0) is 4.74 Å². The quantitative estimate of drug-likeness (QED) is 0.0844. The predicted octanol–water partition coefficient (Wildman–Crippen LogP) is 7.41. The Morgan fingerprint density at radius 1 is 0.894 bits per heavy atom. The second kappa shape index (κ2) is 18.3. The van der Waals surface area contributed by atoms with Crippen molar-refractivity contribution in [1.82, 2.24) is 19.8 Å². The predicted molar refractivity (Wildman–Crippen MR) is 183 cm³/mol. The molecule has 2 N–H and O–H groups in total. The van der Waals surface area contributed by atoms with Crippen molar-refractivity contribution in [3.8, 4) is 34.0 Å². The zero-order valence-corrected chi connectivity index (χ0v) is 28.2. The maximum Gasteiger partial charge on any atom is 0.322 e. The van der Waals surface area contributed by atoms with E-state index in [2.05, 4.69) is 22.1 Å². The highest BCUT2D eigenvalue weighted by molar-refractivity contribution is 7.99. The summed E-state index contributed by atoms with van der Waals surface area (Å²) in [5.41, 5.74) is 3.58. The molecule has 4 aromatic rings. The number of methoxy groups -OCH3 is 2. The van der Waals surface area contributed by atoms with Crippen LogP contribution in [-0.4, -0.2) is 92.2 Å². The fourth-order valence-corrected chi connectivity index (χ4v) is 5.47. The summed E-state index contributed by atoms with van der Waals surface area (Å²) in [7, 11) is 5.28. The number of benzene rings is 3. The van der Waals surface area contributed by atoms with E-state index in [0.29, 0.717) is 38.6 Å². The Kier molecular flexibility index (Phi) is 13.9. The van der Waals surface area contributed by atoms with Gasteiger partial charge in [-0.05, 0) is 80.7 Å². The van der Waals surface area contributed by atoms with Crippen LogP contribution in [0.15, 0.2) is 71.9 Å². The van der Waals surface area contributed by atoms with Crippen molar-refractivity contribution in [3.05, 3.63) is 78.4 Å². The van der Waals surface area contributed by atoms with Gasteiger partial charge < -0.3 is 34.3 Å². The van der Waals surface area contributed by atoms with Crippen molar-refractivity contribution in [2.24, 2.45) is 0 Å². The molecule has 4 rings (SSSR count). The number of nitrogens with zero attached hydrogens (tertiary/aromatic N) is 3. The van der Waals surface area contributed by atoms with E-state index >= 15 is 0 Å². The highest BCUT2D eigenvalue weighted by Gasteiger charge is 2.18. The Labute approximate surface area is 279 Å². The Balaban J connectivity index is 1.35. The molecule has 12 heteroatoms. The summed E-state index contributed by atoms with van der Waals surface area (Å²) in [6.07, 6.45) is 2.14. The van der Waals surface area contributed by atoms with Crippen molar-refractivity contribution in [3.63, 3.8) is 0 Å². The number of nitrogens with one attached hydrogen (secondary N) is 2. The van der Waals surface area contributed by atoms with Crippen LogP contribution >= 0.6 is 11.8 Å². The van der Waals surface area contributed by atoms with Gasteiger partial charge in [-0.3, -0.25) is 0 Å². The Morgan fingerprint density at radius 3 is 2.21 bits per heavy atom. The van der Waals surface area contributed by atoms with Gasteiger partial charge in [0.15, 0.2) is 5.16 Å². The number of thioether (sulfide) groups is 1. The lowest BCUT2D eigenvalue weighted by atomic mass is 10.0. The van der Waals surface area contributed by atoms with Crippen LogP contribution in [0.2, 0.25) is 0 Å². The zero-order chi connectivity index (χ0) is 33.6. The van der Waals surface area contributed by atoms with Crippen LogP contribution in [0.5, 0.6) is 11.5 Å². The molecule has 0 radical (unpaired) electrons. The molecule has 0 aliphatic rings.